The van der Waals surface area contributed by atoms with Gasteiger partial charge in [-0.2, -0.15) is 60.7 Å². The number of rotatable bonds is 7. The Morgan fingerprint density at radius 2 is 1.10 bits per heavy atom. The molecule has 0 spiro atoms. The van der Waals surface area contributed by atoms with E-state index < -0.39 is 69.6 Å². The van der Waals surface area contributed by atoms with Crippen LogP contribution in [0.15, 0.2) is 0 Å². The van der Waals surface area contributed by atoms with Gasteiger partial charge in [0, 0.05) is 26.2 Å². The maximum Gasteiger partial charge on any atom is 0.524 e. The van der Waals surface area contributed by atoms with Crippen LogP contribution in [0, 0.1) is 0 Å². The van der Waals surface area contributed by atoms with Gasteiger partial charge in [0.15, 0.2) is 0 Å². The van der Waals surface area contributed by atoms with Crippen LogP contribution in [0.1, 0.15) is 0 Å². The van der Waals surface area contributed by atoms with E-state index in [-0.39, 0.29) is 13.1 Å². The van der Waals surface area contributed by atoms with Gasteiger partial charge >= 0.3 is 42.2 Å². The third-order valence-corrected chi connectivity index (χ3v) is 8.08. The first-order valence-corrected chi connectivity index (χ1v) is 10.9. The molecule has 1 heterocycles. The van der Waals surface area contributed by atoms with Crippen molar-refractivity contribution in [2.24, 2.45) is 0 Å². The monoisotopic (exact) mass is 512 g/mol. The molecule has 29 heavy (non-hydrogen) atoms. The SMILES string of the molecule is O=S(=O)(OS(=O)(=O)C(F)(F)C(F)(F)C(F)(F)S(=O)(=O)N1CCNCC1)C(F)(F)F. The minimum atomic E-state index is -8.00. The number of hydrogen-bond donors (Lipinski definition) is 1. The molecule has 21 heteroatoms. The molecule has 174 valence electrons. The lowest BCUT2D eigenvalue weighted by Crippen LogP contribution is -2.64. The van der Waals surface area contributed by atoms with Crippen molar-refractivity contribution in [3.63, 3.8) is 0 Å². The fourth-order valence-corrected chi connectivity index (χ4v) is 5.27. The molecule has 0 radical (unpaired) electrons. The van der Waals surface area contributed by atoms with Crippen molar-refractivity contribution in [3.05, 3.63) is 0 Å². The van der Waals surface area contributed by atoms with Crippen LogP contribution < -0.4 is 5.32 Å². The summed E-state index contributed by atoms with van der Waals surface area (Å²) < 4.78 is 187. The largest absolute Gasteiger partial charge is 0.524 e. The Bertz CT molecular complexity index is 937. The summed E-state index contributed by atoms with van der Waals surface area (Å²) >= 11 is 0. The van der Waals surface area contributed by atoms with Crippen LogP contribution in [0.5, 0.6) is 0 Å². The van der Waals surface area contributed by atoms with Gasteiger partial charge in [0.2, 0.25) is 0 Å². The normalized spacial score (nSPS) is 19.3. The van der Waals surface area contributed by atoms with Gasteiger partial charge in [0.1, 0.15) is 0 Å². The van der Waals surface area contributed by atoms with Crippen LogP contribution >= 0.6 is 0 Å². The van der Waals surface area contributed by atoms with Crippen molar-refractivity contribution in [2.75, 3.05) is 26.2 Å². The van der Waals surface area contributed by atoms with E-state index in [1.165, 1.54) is 0 Å². The van der Waals surface area contributed by atoms with Gasteiger partial charge in [0.25, 0.3) is 10.0 Å². The molecule has 0 saturated carbocycles. The molecule has 0 aromatic heterocycles. The maximum atomic E-state index is 13.9. The molecule has 1 aliphatic heterocycles. The number of hydrogen-bond acceptors (Lipinski definition) is 8. The fraction of sp³-hybridized carbons (Fsp3) is 1.00. The van der Waals surface area contributed by atoms with E-state index in [1.54, 1.807) is 0 Å². The van der Waals surface area contributed by atoms with Gasteiger partial charge in [-0.3, -0.25) is 0 Å². The summed E-state index contributed by atoms with van der Waals surface area (Å²) in [6.07, 6.45) is 0. The summed E-state index contributed by atoms with van der Waals surface area (Å²) in [7, 11) is -22.2. The molecule has 0 unspecified atom stereocenters. The highest BCUT2D eigenvalue weighted by molar-refractivity contribution is 8.00. The lowest BCUT2D eigenvalue weighted by atomic mass is 10.3. The number of piperazine rings is 1. The van der Waals surface area contributed by atoms with Crippen molar-refractivity contribution in [3.8, 4) is 0 Å². The van der Waals surface area contributed by atoms with Crippen molar-refractivity contribution < 1.29 is 68.4 Å². The number of halogens is 9. The second-order valence-electron chi connectivity index (χ2n) is 5.18. The van der Waals surface area contributed by atoms with Crippen molar-refractivity contribution in [1.29, 1.82) is 0 Å². The summed E-state index contributed by atoms with van der Waals surface area (Å²) in [4.78, 5) is 0. The molecule has 9 nitrogen and oxygen atoms in total. The standard InChI is InChI=1S/C8H9F9N2O7S3/c9-5(10,6(11,12)27(20,21)19-3-1-18-2-4-19)7(13,14)28(22,23)26-29(24,25)8(15,16)17/h18H,1-4H2. The molecule has 1 N–H and O–H groups in total. The highest BCUT2D eigenvalue weighted by Crippen LogP contribution is 2.52. The summed E-state index contributed by atoms with van der Waals surface area (Å²) in [6.45, 7) is -2.62. The van der Waals surface area contributed by atoms with E-state index >= 15 is 0 Å². The van der Waals surface area contributed by atoms with Gasteiger partial charge in [-0.05, 0) is 0 Å². The lowest BCUT2D eigenvalue weighted by Gasteiger charge is -2.35. The van der Waals surface area contributed by atoms with E-state index in [9.17, 15) is 64.8 Å². The first-order valence-electron chi connectivity index (χ1n) is 6.67. The quantitative estimate of drug-likeness (QED) is 0.380. The van der Waals surface area contributed by atoms with Gasteiger partial charge in [-0.1, -0.05) is 0 Å². The predicted octanol–water partition coefficient (Wildman–Crippen LogP) is 0.238. The molecule has 0 amide bonds. The molecule has 1 fully saturated rings. The zero-order valence-electron chi connectivity index (χ0n) is 13.3. The maximum absolute atomic E-state index is 13.9. The number of nitrogens with zero attached hydrogens (tertiary/aromatic N) is 1. The van der Waals surface area contributed by atoms with Gasteiger partial charge < -0.3 is 5.32 Å². The van der Waals surface area contributed by atoms with Gasteiger partial charge in [-0.15, -0.1) is 3.63 Å². The summed E-state index contributed by atoms with van der Waals surface area (Å²) in [5.41, 5.74) is -6.72. The Hall–Kier alpha value is -0.900. The van der Waals surface area contributed by atoms with Crippen molar-refractivity contribution >= 4 is 30.3 Å². The first kappa shape index (κ1) is 26.1. The van der Waals surface area contributed by atoms with E-state index in [0.717, 1.165) is 0 Å². The van der Waals surface area contributed by atoms with Crippen LogP contribution in [-0.2, 0) is 33.9 Å². The van der Waals surface area contributed by atoms with E-state index in [1.807, 2.05) is 3.63 Å². The average molecular weight is 512 g/mol. The molecule has 0 atom stereocenters. The molecule has 0 bridgehead atoms. The number of alkyl halides is 9. The average Bonchev–Trinajstić information content (AvgIpc) is 2.52. The Balaban J connectivity index is 3.47. The lowest BCUT2D eigenvalue weighted by molar-refractivity contribution is -0.246. The zero-order valence-corrected chi connectivity index (χ0v) is 15.7. The second-order valence-corrected chi connectivity index (χ2v) is 10.5. The fourth-order valence-electron chi connectivity index (χ4n) is 1.73. The van der Waals surface area contributed by atoms with Gasteiger partial charge in [0.05, 0.1) is 0 Å². The molecular formula is C8H9F9N2O7S3. The molecule has 1 saturated heterocycles. The molecule has 1 aliphatic rings. The van der Waals surface area contributed by atoms with E-state index in [2.05, 4.69) is 5.32 Å². The summed E-state index contributed by atoms with van der Waals surface area (Å²) in [5.74, 6) is -7.45. The summed E-state index contributed by atoms with van der Waals surface area (Å²) in [5, 5.41) is -11.9. The van der Waals surface area contributed by atoms with Crippen molar-refractivity contribution in [1.82, 2.24) is 9.62 Å². The Labute approximate surface area is 157 Å². The Morgan fingerprint density at radius 1 is 0.690 bits per heavy atom. The summed E-state index contributed by atoms with van der Waals surface area (Å²) in [6, 6.07) is 0. The molecule has 1 rings (SSSR count). The van der Waals surface area contributed by atoms with E-state index in [4.69, 9.17) is 0 Å². The molecular weight excluding hydrogens is 503 g/mol. The highest BCUT2D eigenvalue weighted by atomic mass is 32.3. The number of nitrogens with one attached hydrogen (secondary N) is 1. The molecule has 0 aromatic rings. The van der Waals surface area contributed by atoms with E-state index in [0.29, 0.717) is 0 Å². The van der Waals surface area contributed by atoms with Crippen LogP contribution in [0.2, 0.25) is 0 Å². The molecule has 0 aliphatic carbocycles. The smallest absolute Gasteiger partial charge is 0.314 e. The van der Waals surface area contributed by atoms with Crippen LogP contribution in [0.4, 0.5) is 39.5 Å². The minimum Gasteiger partial charge on any atom is -0.314 e. The topological polar surface area (TPSA) is 127 Å². The number of sulfonamides is 1. The minimum absolute atomic E-state index is 0.386. The van der Waals surface area contributed by atoms with Crippen LogP contribution in [-0.4, -0.2) is 77.7 Å². The van der Waals surface area contributed by atoms with Crippen molar-refractivity contribution in [2.45, 2.75) is 21.9 Å². The first-order chi connectivity index (χ1) is 12.6. The second kappa shape index (κ2) is 7.35. The van der Waals surface area contributed by atoms with Crippen LogP contribution in [0.3, 0.4) is 0 Å². The zero-order chi connectivity index (χ0) is 23.3. The predicted molar refractivity (Wildman–Crippen MR) is 73.2 cm³/mol. The van der Waals surface area contributed by atoms with Crippen LogP contribution in [0.25, 0.3) is 0 Å². The Kier molecular flexibility index (Phi) is 6.63. The third kappa shape index (κ3) is 4.16. The molecule has 0 aromatic carbocycles. The van der Waals surface area contributed by atoms with Gasteiger partial charge in [-0.25, -0.2) is 8.42 Å². The third-order valence-electron chi connectivity index (χ3n) is 3.25. The highest BCUT2D eigenvalue weighted by Gasteiger charge is 2.83. The Morgan fingerprint density at radius 3 is 1.48 bits per heavy atom.